The maximum Gasteiger partial charge on any atom is 0.258 e. The van der Waals surface area contributed by atoms with Crippen molar-refractivity contribution in [3.63, 3.8) is 0 Å². The third-order valence-corrected chi connectivity index (χ3v) is 5.02. The maximum absolute atomic E-state index is 14.0. The van der Waals surface area contributed by atoms with Gasteiger partial charge in [0.2, 0.25) is 0 Å². The minimum absolute atomic E-state index is 0.0253. The van der Waals surface area contributed by atoms with Crippen LogP contribution in [0.4, 0.5) is 10.1 Å². The van der Waals surface area contributed by atoms with Crippen LogP contribution in [0, 0.1) is 18.7 Å². The minimum Gasteiger partial charge on any atom is -0.364 e. The van der Waals surface area contributed by atoms with Gasteiger partial charge in [-0.05, 0) is 68.2 Å². The van der Waals surface area contributed by atoms with E-state index in [4.69, 9.17) is 11.6 Å². The van der Waals surface area contributed by atoms with Gasteiger partial charge in [0.05, 0.1) is 11.6 Å². The molecule has 0 saturated carbocycles. The van der Waals surface area contributed by atoms with Crippen LogP contribution < -0.4 is 10.6 Å². The first-order chi connectivity index (χ1) is 14.3. The van der Waals surface area contributed by atoms with Gasteiger partial charge in [-0.2, -0.15) is 0 Å². The molecule has 0 saturated heterocycles. The number of hydrogen-bond acceptors (Lipinski definition) is 3. The number of rotatable bonds is 5. The Morgan fingerprint density at radius 1 is 1.27 bits per heavy atom. The molecule has 2 atom stereocenters. The SMILES string of the molecule is Cc1ccc(F)c(C(=O)Nc2cccc([C@H](C)NC3=CC(C)C/C=C/C(Cl)=N3)c2)c1. The molecule has 1 unspecified atom stereocenters. The molecule has 0 bridgehead atoms. The zero-order valence-corrected chi connectivity index (χ0v) is 18.0. The molecule has 1 aliphatic rings. The number of hydrogen-bond donors (Lipinski definition) is 2. The number of aryl methyl sites for hydroxylation is 1. The van der Waals surface area contributed by atoms with Gasteiger partial charge in [0, 0.05) is 5.69 Å². The van der Waals surface area contributed by atoms with Gasteiger partial charge < -0.3 is 10.6 Å². The van der Waals surface area contributed by atoms with Crippen LogP contribution in [0.2, 0.25) is 0 Å². The van der Waals surface area contributed by atoms with Gasteiger partial charge in [-0.25, -0.2) is 9.38 Å². The van der Waals surface area contributed by atoms with Gasteiger partial charge in [0.15, 0.2) is 0 Å². The molecule has 30 heavy (non-hydrogen) atoms. The summed E-state index contributed by atoms with van der Waals surface area (Å²) in [6, 6.07) is 11.8. The van der Waals surface area contributed by atoms with E-state index in [0.29, 0.717) is 22.6 Å². The molecule has 3 rings (SSSR count). The Kier molecular flexibility index (Phi) is 7.06. The number of anilines is 1. The number of benzene rings is 2. The molecule has 0 fully saturated rings. The van der Waals surface area contributed by atoms with Crippen molar-refractivity contribution in [3.8, 4) is 0 Å². The lowest BCUT2D eigenvalue weighted by Gasteiger charge is -2.19. The van der Waals surface area contributed by atoms with Crippen molar-refractivity contribution < 1.29 is 9.18 Å². The van der Waals surface area contributed by atoms with Crippen LogP contribution in [0.25, 0.3) is 0 Å². The first-order valence-electron chi connectivity index (χ1n) is 9.88. The Balaban J connectivity index is 1.75. The number of aliphatic imine (C=N–C) groups is 1. The molecule has 0 aromatic heterocycles. The zero-order chi connectivity index (χ0) is 21.7. The van der Waals surface area contributed by atoms with E-state index in [1.165, 1.54) is 12.1 Å². The van der Waals surface area contributed by atoms with Crippen molar-refractivity contribution in [2.75, 3.05) is 5.32 Å². The Morgan fingerprint density at radius 2 is 2.07 bits per heavy atom. The molecule has 0 spiro atoms. The molecule has 2 aromatic carbocycles. The summed E-state index contributed by atoms with van der Waals surface area (Å²) in [6.07, 6.45) is 6.76. The molecule has 0 radical (unpaired) electrons. The molecular weight excluding hydrogens is 401 g/mol. The monoisotopic (exact) mass is 425 g/mol. The second-order valence-corrected chi connectivity index (χ2v) is 7.92. The fourth-order valence-electron chi connectivity index (χ4n) is 3.19. The lowest BCUT2D eigenvalue weighted by molar-refractivity contribution is 0.102. The fraction of sp³-hybridized carbons (Fsp3) is 0.250. The molecule has 2 N–H and O–H groups in total. The van der Waals surface area contributed by atoms with Gasteiger partial charge in [0.1, 0.15) is 16.8 Å². The van der Waals surface area contributed by atoms with E-state index < -0.39 is 11.7 Å². The summed E-state index contributed by atoms with van der Waals surface area (Å²) in [5.74, 6) is 0.0204. The lowest BCUT2D eigenvalue weighted by atomic mass is 10.1. The molecular formula is C24H25ClFN3O. The zero-order valence-electron chi connectivity index (χ0n) is 17.2. The normalized spacial score (nSPS) is 18.4. The van der Waals surface area contributed by atoms with Crippen molar-refractivity contribution >= 4 is 28.4 Å². The van der Waals surface area contributed by atoms with Crippen molar-refractivity contribution in [1.82, 2.24) is 5.32 Å². The average molecular weight is 426 g/mol. The number of carbonyl (C=O) groups excluding carboxylic acids is 1. The van der Waals surface area contributed by atoms with Gasteiger partial charge in [-0.1, -0.05) is 48.4 Å². The summed E-state index contributed by atoms with van der Waals surface area (Å²) < 4.78 is 14.0. The average Bonchev–Trinajstić information content (AvgIpc) is 2.68. The number of amides is 1. The molecule has 2 aromatic rings. The van der Waals surface area contributed by atoms with Crippen molar-refractivity contribution in [3.05, 3.63) is 89.0 Å². The van der Waals surface area contributed by atoms with Crippen molar-refractivity contribution in [2.24, 2.45) is 10.9 Å². The van der Waals surface area contributed by atoms with E-state index in [2.05, 4.69) is 28.6 Å². The van der Waals surface area contributed by atoms with Crippen LogP contribution in [-0.4, -0.2) is 11.1 Å². The Labute approximate surface area is 181 Å². The van der Waals surface area contributed by atoms with Crippen LogP contribution in [-0.2, 0) is 0 Å². The number of nitrogens with one attached hydrogen (secondary N) is 2. The van der Waals surface area contributed by atoms with E-state index in [9.17, 15) is 9.18 Å². The van der Waals surface area contributed by atoms with Crippen molar-refractivity contribution in [1.29, 1.82) is 0 Å². The third kappa shape index (κ3) is 5.80. The highest BCUT2D eigenvalue weighted by molar-refractivity contribution is 6.68. The molecule has 1 aliphatic heterocycles. The molecule has 6 heteroatoms. The fourth-order valence-corrected chi connectivity index (χ4v) is 3.37. The largest absolute Gasteiger partial charge is 0.364 e. The second-order valence-electron chi connectivity index (χ2n) is 7.53. The van der Waals surface area contributed by atoms with E-state index in [0.717, 1.165) is 17.5 Å². The van der Waals surface area contributed by atoms with E-state index >= 15 is 0 Å². The molecule has 1 heterocycles. The van der Waals surface area contributed by atoms with Crippen LogP contribution in [0.3, 0.4) is 0 Å². The number of allylic oxidation sites excluding steroid dienone is 3. The predicted octanol–water partition coefficient (Wildman–Crippen LogP) is 6.11. The topological polar surface area (TPSA) is 53.5 Å². The van der Waals surface area contributed by atoms with E-state index in [1.807, 2.05) is 38.1 Å². The lowest BCUT2D eigenvalue weighted by Crippen LogP contribution is -2.19. The van der Waals surface area contributed by atoms with E-state index in [1.54, 1.807) is 18.2 Å². The van der Waals surface area contributed by atoms with Gasteiger partial charge in [0.25, 0.3) is 5.91 Å². The summed E-state index contributed by atoms with van der Waals surface area (Å²) >= 11 is 6.13. The molecule has 4 nitrogen and oxygen atoms in total. The minimum atomic E-state index is -0.543. The van der Waals surface area contributed by atoms with Crippen LogP contribution in [0.5, 0.6) is 0 Å². The standard InChI is InChI=1S/C24H25ClFN3O/c1-15-6-4-9-22(25)29-23(13-15)27-17(3)18-7-5-8-19(14-18)28-24(30)20-12-16(2)10-11-21(20)26/h4-5,7-15,17,27H,6H2,1-3H3,(H,28,30)/b9-4+,23-13?,29-22?/t15?,17-/m0/s1. The Hall–Kier alpha value is -2.92. The highest BCUT2D eigenvalue weighted by Crippen LogP contribution is 2.21. The summed E-state index contributed by atoms with van der Waals surface area (Å²) in [5, 5.41) is 6.58. The Bertz CT molecular complexity index is 1030. The highest BCUT2D eigenvalue weighted by Gasteiger charge is 2.14. The summed E-state index contributed by atoms with van der Waals surface area (Å²) in [6.45, 7) is 5.94. The first kappa shape index (κ1) is 21.8. The van der Waals surface area contributed by atoms with Gasteiger partial charge >= 0.3 is 0 Å². The van der Waals surface area contributed by atoms with Gasteiger partial charge in [-0.3, -0.25) is 4.79 Å². The van der Waals surface area contributed by atoms with Gasteiger partial charge in [-0.15, -0.1) is 0 Å². The van der Waals surface area contributed by atoms with Crippen LogP contribution in [0.1, 0.15) is 47.8 Å². The summed E-state index contributed by atoms with van der Waals surface area (Å²) in [4.78, 5) is 16.9. The molecule has 156 valence electrons. The molecule has 0 aliphatic carbocycles. The highest BCUT2D eigenvalue weighted by atomic mass is 35.5. The quantitative estimate of drug-likeness (QED) is 0.607. The predicted molar refractivity (Wildman–Crippen MR) is 121 cm³/mol. The third-order valence-electron chi connectivity index (χ3n) is 4.81. The molecule has 1 amide bonds. The van der Waals surface area contributed by atoms with Crippen molar-refractivity contribution in [2.45, 2.75) is 33.2 Å². The van der Waals surface area contributed by atoms with Crippen LogP contribution >= 0.6 is 11.6 Å². The number of carbonyl (C=O) groups is 1. The maximum atomic E-state index is 14.0. The first-order valence-corrected chi connectivity index (χ1v) is 10.3. The summed E-state index contributed by atoms with van der Waals surface area (Å²) in [5.41, 5.74) is 2.40. The number of halogens is 2. The number of nitrogens with zero attached hydrogens (tertiary/aromatic N) is 1. The Morgan fingerprint density at radius 3 is 2.87 bits per heavy atom. The van der Waals surface area contributed by atoms with Crippen LogP contribution in [0.15, 0.2) is 71.5 Å². The second kappa shape index (κ2) is 9.72. The van der Waals surface area contributed by atoms with E-state index in [-0.39, 0.29) is 11.6 Å². The summed E-state index contributed by atoms with van der Waals surface area (Å²) in [7, 11) is 0. The smallest absolute Gasteiger partial charge is 0.258 e.